The summed E-state index contributed by atoms with van der Waals surface area (Å²) < 4.78 is 25.7. The van der Waals surface area contributed by atoms with E-state index in [4.69, 9.17) is 0 Å². The van der Waals surface area contributed by atoms with Crippen molar-refractivity contribution in [1.82, 2.24) is 9.78 Å². The van der Waals surface area contributed by atoms with Crippen LogP contribution in [-0.2, 0) is 10.2 Å². The molecule has 6 heteroatoms. The number of alkyl halides is 2. The molecular formula is C14H11F2N3O. The van der Waals surface area contributed by atoms with E-state index in [0.717, 1.165) is 29.7 Å². The van der Waals surface area contributed by atoms with E-state index in [1.807, 2.05) is 12.1 Å². The number of nitrogens with one attached hydrogen (secondary N) is 1. The summed E-state index contributed by atoms with van der Waals surface area (Å²) in [5, 5.41) is 6.70. The maximum Gasteiger partial charge on any atom is 0.333 e. The zero-order valence-corrected chi connectivity index (χ0v) is 10.4. The Hall–Kier alpha value is -2.24. The molecule has 1 fully saturated rings. The molecule has 2 aliphatic rings. The smallest absolute Gasteiger partial charge is 0.325 e. The zero-order chi connectivity index (χ0) is 13.9. The minimum absolute atomic E-state index is 0.0442. The van der Waals surface area contributed by atoms with Crippen molar-refractivity contribution < 1.29 is 13.6 Å². The van der Waals surface area contributed by atoms with Gasteiger partial charge in [-0.05, 0) is 30.5 Å². The SMILES string of the molecule is O=C1Nc2cc(-c3ccn(C(F)F)n3)ccc2C12CC2. The fraction of sp³-hybridized carbons (Fsp3) is 0.286. The lowest BCUT2D eigenvalue weighted by Crippen LogP contribution is -2.18. The Kier molecular flexibility index (Phi) is 2.11. The number of aromatic nitrogens is 2. The molecule has 0 unspecified atom stereocenters. The van der Waals surface area contributed by atoms with Gasteiger partial charge in [-0.3, -0.25) is 4.79 Å². The van der Waals surface area contributed by atoms with Crippen LogP contribution in [0.15, 0.2) is 30.5 Å². The Morgan fingerprint density at radius 2 is 2.10 bits per heavy atom. The van der Waals surface area contributed by atoms with Crippen LogP contribution in [0.2, 0.25) is 0 Å². The van der Waals surface area contributed by atoms with E-state index in [1.54, 1.807) is 6.07 Å². The summed E-state index contributed by atoms with van der Waals surface area (Å²) in [5.41, 5.74) is 2.66. The monoisotopic (exact) mass is 275 g/mol. The molecule has 0 atom stereocenters. The normalized spacial score (nSPS) is 18.4. The molecule has 4 rings (SSSR count). The van der Waals surface area contributed by atoms with Crippen LogP contribution in [-0.4, -0.2) is 15.7 Å². The summed E-state index contributed by atoms with van der Waals surface area (Å²) in [4.78, 5) is 11.9. The first kappa shape index (κ1) is 11.6. The molecule has 0 bridgehead atoms. The Bertz CT molecular complexity index is 719. The first-order valence-electron chi connectivity index (χ1n) is 6.40. The molecule has 2 heterocycles. The number of nitrogens with zero attached hydrogens (tertiary/aromatic N) is 2. The van der Waals surface area contributed by atoms with Crippen molar-refractivity contribution in [2.24, 2.45) is 0 Å². The first-order chi connectivity index (χ1) is 9.60. The molecule has 1 aliphatic heterocycles. The molecule has 1 amide bonds. The number of anilines is 1. The summed E-state index contributed by atoms with van der Waals surface area (Å²) >= 11 is 0. The van der Waals surface area contributed by atoms with Gasteiger partial charge >= 0.3 is 6.55 Å². The predicted molar refractivity (Wildman–Crippen MR) is 68.5 cm³/mol. The summed E-state index contributed by atoms with van der Waals surface area (Å²) in [5.74, 6) is 0.0442. The van der Waals surface area contributed by atoms with Crippen molar-refractivity contribution in [3.05, 3.63) is 36.0 Å². The molecule has 0 saturated heterocycles. The van der Waals surface area contributed by atoms with Crippen LogP contribution in [0.25, 0.3) is 11.3 Å². The lowest BCUT2D eigenvalue weighted by atomic mass is 9.96. The quantitative estimate of drug-likeness (QED) is 0.916. The molecule has 1 aromatic carbocycles. The molecule has 1 aromatic heterocycles. The molecule has 102 valence electrons. The Balaban J connectivity index is 1.75. The molecular weight excluding hydrogens is 264 g/mol. The summed E-state index contributed by atoms with van der Waals surface area (Å²) in [6.07, 6.45) is 3.00. The largest absolute Gasteiger partial charge is 0.333 e. The highest BCUT2D eigenvalue weighted by Crippen LogP contribution is 2.55. The Morgan fingerprint density at radius 3 is 2.75 bits per heavy atom. The Labute approximate surface area is 113 Å². The lowest BCUT2D eigenvalue weighted by molar-refractivity contribution is -0.117. The van der Waals surface area contributed by atoms with Crippen LogP contribution in [0.4, 0.5) is 14.5 Å². The number of hydrogen-bond donors (Lipinski definition) is 1. The van der Waals surface area contributed by atoms with E-state index in [0.29, 0.717) is 10.4 Å². The van der Waals surface area contributed by atoms with Gasteiger partial charge in [0.2, 0.25) is 5.91 Å². The fourth-order valence-corrected chi connectivity index (χ4v) is 2.81. The van der Waals surface area contributed by atoms with Gasteiger partial charge in [-0.1, -0.05) is 12.1 Å². The minimum atomic E-state index is -2.65. The third-order valence-electron chi connectivity index (χ3n) is 4.07. The average molecular weight is 275 g/mol. The zero-order valence-electron chi connectivity index (χ0n) is 10.4. The van der Waals surface area contributed by atoms with Gasteiger partial charge in [-0.15, -0.1) is 0 Å². The van der Waals surface area contributed by atoms with Gasteiger partial charge < -0.3 is 5.32 Å². The third-order valence-corrected chi connectivity index (χ3v) is 4.07. The number of amides is 1. The highest BCUT2D eigenvalue weighted by Gasteiger charge is 2.56. The first-order valence-corrected chi connectivity index (χ1v) is 6.40. The highest BCUT2D eigenvalue weighted by atomic mass is 19.3. The fourth-order valence-electron chi connectivity index (χ4n) is 2.81. The van der Waals surface area contributed by atoms with Gasteiger partial charge in [0.05, 0.1) is 11.1 Å². The van der Waals surface area contributed by atoms with Gasteiger partial charge in [0.1, 0.15) is 0 Å². The topological polar surface area (TPSA) is 46.9 Å². The van der Waals surface area contributed by atoms with Crippen molar-refractivity contribution in [1.29, 1.82) is 0 Å². The molecule has 2 aromatic rings. The van der Waals surface area contributed by atoms with E-state index in [2.05, 4.69) is 10.4 Å². The number of carbonyl (C=O) groups excluding carboxylic acids is 1. The maximum atomic E-state index is 12.5. The number of carbonyl (C=O) groups is 1. The Morgan fingerprint density at radius 1 is 1.30 bits per heavy atom. The highest BCUT2D eigenvalue weighted by molar-refractivity contribution is 6.08. The second-order valence-corrected chi connectivity index (χ2v) is 5.26. The van der Waals surface area contributed by atoms with Crippen molar-refractivity contribution in [3.63, 3.8) is 0 Å². The van der Waals surface area contributed by atoms with E-state index in [-0.39, 0.29) is 11.3 Å². The van der Waals surface area contributed by atoms with Gasteiger partial charge in [0.25, 0.3) is 0 Å². The van der Waals surface area contributed by atoms with Crippen LogP contribution in [0.3, 0.4) is 0 Å². The van der Waals surface area contributed by atoms with Crippen molar-refractivity contribution >= 4 is 11.6 Å². The number of rotatable bonds is 2. The van der Waals surface area contributed by atoms with Crippen LogP contribution >= 0.6 is 0 Å². The lowest BCUT2D eigenvalue weighted by Gasteiger charge is -2.05. The van der Waals surface area contributed by atoms with E-state index in [1.165, 1.54) is 12.3 Å². The van der Waals surface area contributed by atoms with Gasteiger partial charge in [0, 0.05) is 17.4 Å². The maximum absolute atomic E-state index is 12.5. The molecule has 1 N–H and O–H groups in total. The van der Waals surface area contributed by atoms with Crippen molar-refractivity contribution in [3.8, 4) is 11.3 Å². The van der Waals surface area contributed by atoms with Crippen molar-refractivity contribution in [2.75, 3.05) is 5.32 Å². The van der Waals surface area contributed by atoms with Crippen LogP contribution in [0, 0.1) is 0 Å². The van der Waals surface area contributed by atoms with Crippen LogP contribution in [0.1, 0.15) is 25.0 Å². The number of hydrogen-bond acceptors (Lipinski definition) is 2. The van der Waals surface area contributed by atoms with E-state index >= 15 is 0 Å². The number of fused-ring (bicyclic) bond motifs is 2. The van der Waals surface area contributed by atoms with E-state index < -0.39 is 6.55 Å². The molecule has 1 aliphatic carbocycles. The van der Waals surface area contributed by atoms with Crippen LogP contribution < -0.4 is 5.32 Å². The summed E-state index contributed by atoms with van der Waals surface area (Å²) in [6.45, 7) is -2.65. The molecule has 1 saturated carbocycles. The standard InChI is InChI=1S/C14H11F2N3O/c15-13(16)19-6-3-10(18-19)8-1-2-9-11(7-8)17-12(20)14(9)4-5-14/h1-3,6-7,13H,4-5H2,(H,17,20). The van der Waals surface area contributed by atoms with Gasteiger partial charge in [0.15, 0.2) is 0 Å². The second-order valence-electron chi connectivity index (χ2n) is 5.26. The summed E-state index contributed by atoms with van der Waals surface area (Å²) in [7, 11) is 0. The third kappa shape index (κ3) is 1.44. The van der Waals surface area contributed by atoms with Gasteiger partial charge in [-0.2, -0.15) is 13.9 Å². The molecule has 1 spiro atoms. The molecule has 0 radical (unpaired) electrons. The average Bonchev–Trinajstić information content (AvgIpc) is 2.98. The summed E-state index contributed by atoms with van der Waals surface area (Å²) in [6, 6.07) is 7.07. The van der Waals surface area contributed by atoms with Crippen LogP contribution in [0.5, 0.6) is 0 Å². The number of halogens is 2. The molecule has 20 heavy (non-hydrogen) atoms. The van der Waals surface area contributed by atoms with Crippen molar-refractivity contribution in [2.45, 2.75) is 24.8 Å². The number of benzene rings is 1. The predicted octanol–water partition coefficient (Wildman–Crippen LogP) is 2.93. The van der Waals surface area contributed by atoms with E-state index in [9.17, 15) is 13.6 Å². The molecule has 4 nitrogen and oxygen atoms in total. The minimum Gasteiger partial charge on any atom is -0.325 e. The second kappa shape index (κ2) is 3.65. The van der Waals surface area contributed by atoms with Gasteiger partial charge in [-0.25, -0.2) is 4.68 Å².